The third-order valence-electron chi connectivity index (χ3n) is 4.72. The van der Waals surface area contributed by atoms with Crippen molar-refractivity contribution in [1.29, 1.82) is 0 Å². The maximum atomic E-state index is 13.8. The van der Waals surface area contributed by atoms with Crippen LogP contribution >= 0.6 is 0 Å². The summed E-state index contributed by atoms with van der Waals surface area (Å²) in [7, 11) is 0. The van der Waals surface area contributed by atoms with Crippen molar-refractivity contribution in [2.75, 3.05) is 0 Å². The first-order valence-electron chi connectivity index (χ1n) is 8.36. The number of para-hydroxylation sites is 1. The molecular formula is C21H18FN2NaO2. The number of hydrogen-bond acceptors (Lipinski definition) is 2. The molecule has 0 fully saturated rings. The summed E-state index contributed by atoms with van der Waals surface area (Å²) in [4.78, 5) is 15.9. The van der Waals surface area contributed by atoms with Crippen LogP contribution in [0.3, 0.4) is 0 Å². The summed E-state index contributed by atoms with van der Waals surface area (Å²) in [5.74, 6) is -1.26. The minimum atomic E-state index is -0.926. The zero-order chi connectivity index (χ0) is 18.3. The molecule has 4 aromatic rings. The van der Waals surface area contributed by atoms with Gasteiger partial charge in [0.1, 0.15) is 12.4 Å². The maximum absolute atomic E-state index is 13.8. The van der Waals surface area contributed by atoms with E-state index >= 15 is 0 Å². The summed E-state index contributed by atoms with van der Waals surface area (Å²) >= 11 is 0. The molecule has 2 aromatic heterocycles. The Morgan fingerprint density at radius 1 is 1.19 bits per heavy atom. The number of nitrogens with zero attached hydrogens (tertiary/aromatic N) is 2. The minimum Gasteiger partial charge on any atom is -1.00 e. The molecule has 0 saturated heterocycles. The van der Waals surface area contributed by atoms with Gasteiger partial charge in [-0.05, 0) is 42.8 Å². The summed E-state index contributed by atoms with van der Waals surface area (Å²) in [6.07, 6.45) is 0.517. The molecule has 2 aromatic carbocycles. The van der Waals surface area contributed by atoms with Crippen LogP contribution in [-0.2, 0) is 17.8 Å². The number of carboxylic acids is 1. The number of benzene rings is 2. The second-order valence-electron chi connectivity index (χ2n) is 6.38. The van der Waals surface area contributed by atoms with Crippen molar-refractivity contribution >= 4 is 27.8 Å². The van der Waals surface area contributed by atoms with Crippen LogP contribution in [0, 0.1) is 12.7 Å². The number of halogens is 1. The Labute approximate surface area is 179 Å². The first-order valence-corrected chi connectivity index (χ1v) is 8.36. The van der Waals surface area contributed by atoms with E-state index in [9.17, 15) is 14.3 Å². The van der Waals surface area contributed by atoms with Gasteiger partial charge in [-0.2, -0.15) is 0 Å². The van der Waals surface area contributed by atoms with Crippen molar-refractivity contribution < 1.29 is 45.3 Å². The standard InChI is InChI=1S/C21H17FN2O2.Na.H/c1-13-17(11-16-8-6-14-4-2-3-5-19(14)23-16)18-10-15(22)7-9-20(18)24(13)12-21(25)26;;/h2-10H,11-12H2,1H3,(H,25,26);;/q;+1;-1. The molecule has 0 aliphatic rings. The SMILES string of the molecule is Cc1c(Cc2ccc3ccccc3n2)c2cc(F)ccc2n1CC(=O)O.[H-].[Na+]. The van der Waals surface area contributed by atoms with Crippen molar-refractivity contribution in [3.63, 3.8) is 0 Å². The van der Waals surface area contributed by atoms with Gasteiger partial charge in [-0.15, -0.1) is 0 Å². The molecule has 0 bridgehead atoms. The minimum absolute atomic E-state index is 0. The Morgan fingerprint density at radius 2 is 1.96 bits per heavy atom. The molecule has 6 heteroatoms. The van der Waals surface area contributed by atoms with Crippen molar-refractivity contribution in [3.05, 3.63) is 77.4 Å². The summed E-state index contributed by atoms with van der Waals surface area (Å²) in [5, 5.41) is 11.0. The fourth-order valence-electron chi connectivity index (χ4n) is 3.47. The van der Waals surface area contributed by atoms with Crippen LogP contribution in [0.25, 0.3) is 21.8 Å². The van der Waals surface area contributed by atoms with E-state index in [1.54, 1.807) is 10.6 Å². The number of aromatic nitrogens is 2. The molecule has 0 radical (unpaired) electrons. The van der Waals surface area contributed by atoms with E-state index in [4.69, 9.17) is 4.98 Å². The van der Waals surface area contributed by atoms with Crippen LogP contribution in [0.1, 0.15) is 18.4 Å². The average molecular weight is 372 g/mol. The molecule has 0 aliphatic carbocycles. The van der Waals surface area contributed by atoms with Gasteiger partial charge in [0.25, 0.3) is 0 Å². The summed E-state index contributed by atoms with van der Waals surface area (Å²) in [6, 6.07) is 16.3. The van der Waals surface area contributed by atoms with Crippen LogP contribution in [0.15, 0.2) is 54.6 Å². The number of fused-ring (bicyclic) bond motifs is 2. The molecule has 0 aliphatic heterocycles. The number of pyridine rings is 1. The van der Waals surface area contributed by atoms with E-state index in [0.717, 1.165) is 38.8 Å². The zero-order valence-electron chi connectivity index (χ0n) is 16.2. The second-order valence-corrected chi connectivity index (χ2v) is 6.38. The average Bonchev–Trinajstić information content (AvgIpc) is 2.86. The molecule has 4 nitrogen and oxygen atoms in total. The molecule has 1 N–H and O–H groups in total. The molecule has 27 heavy (non-hydrogen) atoms. The Balaban J connectivity index is 0.00000140. The molecule has 0 spiro atoms. The molecule has 4 rings (SSSR count). The van der Waals surface area contributed by atoms with Crippen molar-refractivity contribution in [3.8, 4) is 0 Å². The molecule has 0 saturated carbocycles. The summed E-state index contributed by atoms with van der Waals surface area (Å²) in [6.45, 7) is 1.72. The Hall–Kier alpha value is -2.21. The molecule has 0 amide bonds. The Morgan fingerprint density at radius 3 is 2.74 bits per heavy atom. The fourth-order valence-corrected chi connectivity index (χ4v) is 3.47. The Bertz CT molecular complexity index is 1160. The zero-order valence-corrected chi connectivity index (χ0v) is 17.2. The van der Waals surface area contributed by atoms with Gasteiger partial charge >= 0.3 is 35.5 Å². The van der Waals surface area contributed by atoms with Crippen LogP contribution in [-0.4, -0.2) is 20.6 Å². The van der Waals surface area contributed by atoms with Gasteiger partial charge < -0.3 is 11.1 Å². The van der Waals surface area contributed by atoms with E-state index in [1.165, 1.54) is 12.1 Å². The van der Waals surface area contributed by atoms with Crippen LogP contribution in [0.5, 0.6) is 0 Å². The third kappa shape index (κ3) is 3.76. The van der Waals surface area contributed by atoms with Crippen LogP contribution in [0.4, 0.5) is 4.39 Å². The van der Waals surface area contributed by atoms with Crippen molar-refractivity contribution in [1.82, 2.24) is 9.55 Å². The third-order valence-corrected chi connectivity index (χ3v) is 4.72. The number of aliphatic carboxylic acids is 1. The number of hydrogen-bond donors (Lipinski definition) is 1. The molecule has 2 heterocycles. The Kier molecular flexibility index (Phi) is 5.65. The second kappa shape index (κ2) is 7.80. The number of carbonyl (C=O) groups is 1. The quantitative estimate of drug-likeness (QED) is 0.552. The van der Waals surface area contributed by atoms with Gasteiger partial charge in [-0.3, -0.25) is 9.78 Å². The largest absolute Gasteiger partial charge is 1.00 e. The molecule has 132 valence electrons. The van der Waals surface area contributed by atoms with E-state index in [1.807, 2.05) is 43.3 Å². The predicted octanol–water partition coefficient (Wildman–Crippen LogP) is 1.43. The van der Waals surface area contributed by atoms with Gasteiger partial charge in [0.15, 0.2) is 0 Å². The van der Waals surface area contributed by atoms with E-state index in [0.29, 0.717) is 6.42 Å². The van der Waals surface area contributed by atoms with Crippen LogP contribution < -0.4 is 29.6 Å². The van der Waals surface area contributed by atoms with Gasteiger partial charge in [-0.25, -0.2) is 4.39 Å². The first kappa shape index (κ1) is 19.5. The van der Waals surface area contributed by atoms with Gasteiger partial charge in [0.2, 0.25) is 0 Å². The smallest absolute Gasteiger partial charge is 1.00 e. The summed E-state index contributed by atoms with van der Waals surface area (Å²) < 4.78 is 15.5. The monoisotopic (exact) mass is 372 g/mol. The number of carboxylic acid groups (broad SMARTS) is 1. The first-order chi connectivity index (χ1) is 12.5. The van der Waals surface area contributed by atoms with Gasteiger partial charge in [0.05, 0.1) is 5.52 Å². The van der Waals surface area contributed by atoms with Crippen molar-refractivity contribution in [2.24, 2.45) is 0 Å². The molecule has 0 unspecified atom stereocenters. The normalized spacial score (nSPS) is 10.9. The predicted molar refractivity (Wildman–Crippen MR) is 99.9 cm³/mol. The molecule has 0 atom stereocenters. The topological polar surface area (TPSA) is 55.1 Å². The van der Waals surface area contributed by atoms with Crippen LogP contribution in [0.2, 0.25) is 0 Å². The van der Waals surface area contributed by atoms with E-state index in [2.05, 4.69) is 0 Å². The van der Waals surface area contributed by atoms with Gasteiger partial charge in [-0.1, -0.05) is 24.3 Å². The maximum Gasteiger partial charge on any atom is 1.00 e. The van der Waals surface area contributed by atoms with E-state index < -0.39 is 5.97 Å². The van der Waals surface area contributed by atoms with Crippen molar-refractivity contribution in [2.45, 2.75) is 19.9 Å². The van der Waals surface area contributed by atoms with Gasteiger partial charge in [0, 0.05) is 34.1 Å². The fraction of sp³-hybridized carbons (Fsp3) is 0.143. The number of rotatable bonds is 4. The van der Waals surface area contributed by atoms with E-state index in [-0.39, 0.29) is 43.3 Å². The summed E-state index contributed by atoms with van der Waals surface area (Å²) in [5.41, 5.74) is 4.22. The molecular weight excluding hydrogens is 354 g/mol.